The van der Waals surface area contributed by atoms with Crippen LogP contribution < -0.4 is 0 Å². The highest BCUT2D eigenvalue weighted by molar-refractivity contribution is 7.92. The van der Waals surface area contributed by atoms with Crippen LogP contribution >= 0.6 is 0 Å². The SMILES string of the molecule is C/C=C/CO/C(=C/CC)OB1N(S(=O)(=O)c2cc(C(F)(F)F)cc(C(F)(F)F)c2)[C@@H](c2ccccc2)[C@H](c2ccccc2)N1S(=O)(=O)c1cc(C(F)(F)F)cc(C(F)(F)F)c1. The normalized spacial score (nSPS) is 17.9. The van der Waals surface area contributed by atoms with E-state index in [0.717, 1.165) is 6.08 Å². The highest BCUT2D eigenvalue weighted by Crippen LogP contribution is 2.52. The minimum atomic E-state index is -5.97. The van der Waals surface area contributed by atoms with Crippen molar-refractivity contribution in [3.05, 3.63) is 155 Å². The molecule has 1 saturated heterocycles. The lowest BCUT2D eigenvalue weighted by Gasteiger charge is -2.29. The number of allylic oxidation sites excluding steroid dienone is 2. The van der Waals surface area contributed by atoms with Crippen LogP contribution in [0.1, 0.15) is 65.7 Å². The molecule has 4 aromatic rings. The Bertz CT molecular complexity index is 2260. The van der Waals surface area contributed by atoms with Gasteiger partial charge in [0.25, 0.3) is 5.95 Å². The van der Waals surface area contributed by atoms with Gasteiger partial charge in [0, 0.05) is 0 Å². The summed E-state index contributed by atoms with van der Waals surface area (Å²) in [6.45, 7) is 2.67. The molecule has 0 aromatic heterocycles. The first kappa shape index (κ1) is 47.1. The van der Waals surface area contributed by atoms with E-state index in [-0.39, 0.29) is 69.0 Å². The van der Waals surface area contributed by atoms with Gasteiger partial charge in [0.1, 0.15) is 6.61 Å². The summed E-state index contributed by atoms with van der Waals surface area (Å²) < 4.78 is 242. The highest BCUT2D eigenvalue weighted by atomic mass is 32.2. The fourth-order valence-corrected chi connectivity index (χ4v) is 9.78. The maximum atomic E-state index is 15.1. The predicted octanol–water partition coefficient (Wildman–Crippen LogP) is 10.8. The second kappa shape index (κ2) is 17.4. The van der Waals surface area contributed by atoms with E-state index in [4.69, 9.17) is 9.39 Å². The highest BCUT2D eigenvalue weighted by Gasteiger charge is 2.64. The van der Waals surface area contributed by atoms with Gasteiger partial charge in [-0.3, -0.25) is 0 Å². The molecule has 0 unspecified atom stereocenters. The molecule has 4 aromatic carbocycles. The summed E-state index contributed by atoms with van der Waals surface area (Å²) in [4.78, 5) is -3.38. The van der Waals surface area contributed by atoms with Crippen LogP contribution in [0, 0.1) is 0 Å². The second-order valence-electron chi connectivity index (χ2n) is 13.1. The summed E-state index contributed by atoms with van der Waals surface area (Å²) in [5.41, 5.74) is -8.79. The molecule has 0 amide bonds. The third kappa shape index (κ3) is 10.2. The average Bonchev–Trinajstić information content (AvgIpc) is 3.53. The van der Waals surface area contributed by atoms with Crippen LogP contribution in [0.2, 0.25) is 0 Å². The summed E-state index contributed by atoms with van der Waals surface area (Å²) in [6.07, 6.45) is -18.4. The van der Waals surface area contributed by atoms with Gasteiger partial charge in [-0.05, 0) is 66.9 Å². The monoisotopic (exact) mass is 914 g/mol. The molecule has 23 heteroatoms. The fourth-order valence-electron chi connectivity index (χ4n) is 6.30. The van der Waals surface area contributed by atoms with Crippen LogP contribution in [0.3, 0.4) is 0 Å². The molecule has 1 fully saturated rings. The zero-order valence-electron chi connectivity index (χ0n) is 31.3. The standard InChI is InChI=1S/C38H31BF12N2O6S2/c1-3-5-17-58-32(12-4-2)59-39-52(60(54,55)30-20-26(35(40,41)42)18-27(21-30)36(43,44)45)33(24-13-8-6-9-14-24)34(25-15-10-7-11-16-25)53(39)61(56,57)31-22-28(37(46,47)48)19-29(23-31)38(49,50)51/h3,5-16,18-23,33-34H,4,17H2,1-2H3/b5-3+,32-12-/t33-,34-/m0/s1. The molecule has 0 N–H and O–H groups in total. The van der Waals surface area contributed by atoms with Gasteiger partial charge >= 0.3 is 31.9 Å². The average molecular weight is 915 g/mol. The molecule has 0 radical (unpaired) electrons. The van der Waals surface area contributed by atoms with Crippen LogP contribution in [0.4, 0.5) is 52.7 Å². The molecule has 328 valence electrons. The van der Waals surface area contributed by atoms with Gasteiger partial charge in [-0.25, -0.2) is 16.8 Å². The van der Waals surface area contributed by atoms with Crippen LogP contribution in [0.5, 0.6) is 0 Å². The lowest BCUT2D eigenvalue weighted by molar-refractivity contribution is -0.145. The first-order valence-electron chi connectivity index (χ1n) is 17.6. The van der Waals surface area contributed by atoms with E-state index in [1.807, 2.05) is 0 Å². The van der Waals surface area contributed by atoms with Gasteiger partial charge in [0.05, 0.1) is 44.1 Å². The Hall–Kier alpha value is -5.00. The number of benzene rings is 4. The number of rotatable bonds is 12. The van der Waals surface area contributed by atoms with Gasteiger partial charge in [-0.1, -0.05) is 79.7 Å². The molecule has 5 rings (SSSR count). The number of nitrogens with zero attached hydrogens (tertiary/aromatic N) is 2. The number of hydrogen-bond donors (Lipinski definition) is 0. The topological polar surface area (TPSA) is 93.2 Å². The molecule has 0 spiro atoms. The second-order valence-corrected chi connectivity index (χ2v) is 16.8. The zero-order chi connectivity index (χ0) is 45.3. The molecule has 0 aliphatic carbocycles. The van der Waals surface area contributed by atoms with E-state index in [0.29, 0.717) is 0 Å². The summed E-state index contributed by atoms with van der Waals surface area (Å²) in [5, 5.41) is 0. The van der Waals surface area contributed by atoms with Crippen LogP contribution in [0.15, 0.2) is 131 Å². The van der Waals surface area contributed by atoms with Gasteiger partial charge in [-0.2, -0.15) is 61.1 Å². The van der Waals surface area contributed by atoms with Crippen molar-refractivity contribution in [3.63, 3.8) is 0 Å². The van der Waals surface area contributed by atoms with Gasteiger partial charge < -0.3 is 9.39 Å². The first-order valence-corrected chi connectivity index (χ1v) is 20.5. The zero-order valence-corrected chi connectivity index (χ0v) is 32.9. The number of alkyl halides is 12. The van der Waals surface area contributed by atoms with Crippen LogP contribution in [-0.2, 0) is 54.1 Å². The lowest BCUT2D eigenvalue weighted by atomic mass is 9.95. The van der Waals surface area contributed by atoms with E-state index in [2.05, 4.69) is 0 Å². The number of sulfonamides is 2. The summed E-state index contributed by atoms with van der Waals surface area (Å²) in [5.74, 6) is -0.702. The van der Waals surface area contributed by atoms with Crippen molar-refractivity contribution in [1.82, 2.24) is 8.43 Å². The van der Waals surface area contributed by atoms with E-state index >= 15 is 16.8 Å². The third-order valence-corrected chi connectivity index (χ3v) is 12.6. The van der Waals surface area contributed by atoms with Crippen LogP contribution in [-0.4, -0.2) is 39.1 Å². The van der Waals surface area contributed by atoms with Gasteiger partial charge in [0.2, 0.25) is 20.0 Å². The Morgan fingerprint density at radius 2 is 0.951 bits per heavy atom. The molecule has 2 atom stereocenters. The smallest absolute Gasteiger partial charge is 0.505 e. The van der Waals surface area contributed by atoms with Crippen molar-refractivity contribution in [2.45, 2.75) is 66.8 Å². The molecule has 0 saturated carbocycles. The summed E-state index contributed by atoms with van der Waals surface area (Å²) in [6, 6.07) is 7.27. The van der Waals surface area contributed by atoms with E-state index in [1.165, 1.54) is 79.7 Å². The Morgan fingerprint density at radius 1 is 0.607 bits per heavy atom. The Labute approximate surface area is 341 Å². The molecular weight excluding hydrogens is 883 g/mol. The third-order valence-electron chi connectivity index (χ3n) is 8.99. The fraction of sp³-hybridized carbons (Fsp3) is 0.263. The van der Waals surface area contributed by atoms with Crippen LogP contribution in [0.25, 0.3) is 0 Å². The Balaban J connectivity index is 1.97. The molecule has 61 heavy (non-hydrogen) atoms. The molecule has 1 heterocycles. The van der Waals surface area contributed by atoms with Crippen molar-refractivity contribution in [2.75, 3.05) is 6.61 Å². The maximum absolute atomic E-state index is 15.1. The first-order chi connectivity index (χ1) is 28.2. The molecule has 1 aliphatic heterocycles. The van der Waals surface area contributed by atoms with Crippen molar-refractivity contribution in [2.24, 2.45) is 0 Å². The molecular formula is C38H31BF12N2O6S2. The molecule has 1 aliphatic rings. The number of hydrogen-bond acceptors (Lipinski definition) is 6. The maximum Gasteiger partial charge on any atom is 0.580 e. The van der Waals surface area contributed by atoms with Crippen molar-refractivity contribution in [3.8, 4) is 0 Å². The van der Waals surface area contributed by atoms with E-state index in [9.17, 15) is 52.7 Å². The predicted molar refractivity (Wildman–Crippen MR) is 195 cm³/mol. The van der Waals surface area contributed by atoms with Crippen molar-refractivity contribution in [1.29, 1.82) is 0 Å². The number of halogens is 12. The van der Waals surface area contributed by atoms with E-state index < -0.39 is 102 Å². The van der Waals surface area contributed by atoms with Crippen molar-refractivity contribution >= 4 is 27.2 Å². The number of ether oxygens (including phenoxy) is 1. The summed E-state index contributed by atoms with van der Waals surface area (Å²) >= 11 is 0. The lowest BCUT2D eigenvalue weighted by Crippen LogP contribution is -2.51. The molecule has 8 nitrogen and oxygen atoms in total. The Kier molecular flexibility index (Phi) is 13.4. The Morgan fingerprint density at radius 3 is 1.25 bits per heavy atom. The van der Waals surface area contributed by atoms with Crippen molar-refractivity contribution < 1.29 is 78.9 Å². The van der Waals surface area contributed by atoms with E-state index in [1.54, 1.807) is 6.92 Å². The molecule has 0 bridgehead atoms. The van der Waals surface area contributed by atoms with Gasteiger partial charge in [-0.15, -0.1) is 0 Å². The minimum Gasteiger partial charge on any atom is -0.505 e. The van der Waals surface area contributed by atoms with Gasteiger partial charge in [0.15, 0.2) is 0 Å². The quantitative estimate of drug-likeness (QED) is 0.0608. The summed E-state index contributed by atoms with van der Waals surface area (Å²) in [7, 11) is -14.8. The minimum absolute atomic E-state index is 0.0211. The largest absolute Gasteiger partial charge is 0.580 e.